The summed E-state index contributed by atoms with van der Waals surface area (Å²) in [5, 5.41) is 0. The molecule has 1 saturated heterocycles. The second-order valence-corrected chi connectivity index (χ2v) is 8.06. The molecule has 1 aliphatic rings. The summed E-state index contributed by atoms with van der Waals surface area (Å²) in [5.74, 6) is -0.212. The second kappa shape index (κ2) is 5.66. The molecule has 0 saturated carbocycles. The van der Waals surface area contributed by atoms with Crippen molar-refractivity contribution in [1.82, 2.24) is 9.29 Å². The topological polar surface area (TPSA) is 113 Å². The van der Waals surface area contributed by atoms with E-state index >= 15 is 0 Å². The van der Waals surface area contributed by atoms with Gasteiger partial charge in [-0.25, -0.2) is 8.42 Å². The van der Waals surface area contributed by atoms with Crippen molar-refractivity contribution in [1.29, 1.82) is 0 Å². The van der Waals surface area contributed by atoms with Crippen molar-refractivity contribution in [2.45, 2.75) is 30.4 Å². The third-order valence-electron chi connectivity index (χ3n) is 3.42. The number of piperidine rings is 1. The van der Waals surface area contributed by atoms with Crippen LogP contribution in [0.3, 0.4) is 0 Å². The van der Waals surface area contributed by atoms with Gasteiger partial charge in [-0.1, -0.05) is 11.3 Å². The number of sulfonamides is 1. The first kappa shape index (κ1) is 15.2. The predicted molar refractivity (Wildman–Crippen MR) is 75.0 cm³/mol. The lowest BCUT2D eigenvalue weighted by atomic mass is 9.94. The monoisotopic (exact) mass is 319 g/mol. The molecular weight excluding hydrogens is 302 g/mol. The number of nitrogens with one attached hydrogen (secondary N) is 1. The Morgan fingerprint density at radius 1 is 1.45 bits per heavy atom. The van der Waals surface area contributed by atoms with Gasteiger partial charge in [0.2, 0.25) is 5.91 Å². The zero-order chi connectivity index (χ0) is 14.9. The minimum absolute atomic E-state index is 0.0795. The number of primary amides is 1. The number of aryl methyl sites for hydroxylation is 1. The lowest BCUT2D eigenvalue weighted by Crippen LogP contribution is -2.39. The van der Waals surface area contributed by atoms with E-state index in [2.05, 4.69) is 4.98 Å². The minimum Gasteiger partial charge on any atom is -0.370 e. The maximum absolute atomic E-state index is 12.4. The molecule has 1 aromatic heterocycles. The number of rotatable bonds is 4. The van der Waals surface area contributed by atoms with Crippen molar-refractivity contribution in [3.63, 3.8) is 0 Å². The largest absolute Gasteiger partial charge is 0.370 e. The lowest BCUT2D eigenvalue weighted by Gasteiger charge is -2.30. The summed E-state index contributed by atoms with van der Waals surface area (Å²) >= 11 is 0.712. The van der Waals surface area contributed by atoms with Gasteiger partial charge in [-0.3, -0.25) is 9.59 Å². The molecule has 1 fully saturated rings. The molecule has 0 radical (unpaired) electrons. The molecule has 9 heteroatoms. The Balaban J connectivity index is 2.11. The highest BCUT2D eigenvalue weighted by atomic mass is 32.2. The molecule has 0 unspecified atom stereocenters. The van der Waals surface area contributed by atoms with Crippen molar-refractivity contribution in [2.75, 3.05) is 13.1 Å². The van der Waals surface area contributed by atoms with Gasteiger partial charge in [-0.15, -0.1) is 0 Å². The quantitative estimate of drug-likeness (QED) is 0.814. The number of aromatic amines is 1. The van der Waals surface area contributed by atoms with E-state index in [0.717, 1.165) is 0 Å². The fourth-order valence-electron chi connectivity index (χ4n) is 2.39. The van der Waals surface area contributed by atoms with Gasteiger partial charge in [0, 0.05) is 25.2 Å². The Morgan fingerprint density at radius 3 is 2.50 bits per heavy atom. The van der Waals surface area contributed by atoms with Crippen molar-refractivity contribution in [2.24, 2.45) is 11.7 Å². The van der Waals surface area contributed by atoms with Crippen molar-refractivity contribution >= 4 is 27.3 Å². The highest BCUT2D eigenvalue weighted by Gasteiger charge is 2.32. The summed E-state index contributed by atoms with van der Waals surface area (Å²) in [6, 6.07) is 0. The molecule has 0 aliphatic carbocycles. The maximum atomic E-state index is 12.4. The number of hydrogen-bond acceptors (Lipinski definition) is 5. The molecule has 0 spiro atoms. The molecule has 0 bridgehead atoms. The van der Waals surface area contributed by atoms with Crippen LogP contribution in [0, 0.1) is 12.8 Å². The van der Waals surface area contributed by atoms with Crippen LogP contribution < -0.4 is 10.6 Å². The van der Waals surface area contributed by atoms with Gasteiger partial charge in [0.15, 0.2) is 4.21 Å². The van der Waals surface area contributed by atoms with Crippen LogP contribution in [0.5, 0.6) is 0 Å². The van der Waals surface area contributed by atoms with Crippen molar-refractivity contribution < 1.29 is 13.2 Å². The number of carbonyl (C=O) groups is 1. The predicted octanol–water partition coefficient (Wildman–Crippen LogP) is 0.0209. The maximum Gasteiger partial charge on any atom is 0.305 e. The third-order valence-corrected chi connectivity index (χ3v) is 6.90. The summed E-state index contributed by atoms with van der Waals surface area (Å²) in [6.45, 7) is 2.28. The lowest BCUT2D eigenvalue weighted by molar-refractivity contribution is -0.119. The van der Waals surface area contributed by atoms with Gasteiger partial charge >= 0.3 is 4.87 Å². The van der Waals surface area contributed by atoms with Gasteiger partial charge in [0.25, 0.3) is 10.0 Å². The average molecular weight is 319 g/mol. The van der Waals surface area contributed by atoms with E-state index in [4.69, 9.17) is 5.73 Å². The Labute approximate surface area is 120 Å². The third kappa shape index (κ3) is 3.10. The Hall–Kier alpha value is -1.19. The SMILES string of the molecule is Cc1[nH]c(=O)sc1S(=O)(=O)N1CCC(CC(N)=O)CC1. The van der Waals surface area contributed by atoms with Gasteiger partial charge in [0.1, 0.15) is 0 Å². The highest BCUT2D eigenvalue weighted by Crippen LogP contribution is 2.27. The number of aromatic nitrogens is 1. The number of nitrogens with two attached hydrogens (primary N) is 1. The standard InChI is InChI=1S/C11H17N3O4S2/c1-7-10(19-11(16)13-7)20(17,18)14-4-2-8(3-5-14)6-9(12)15/h8H,2-6H2,1H3,(H2,12,15)(H,13,16). The van der Waals surface area contributed by atoms with Gasteiger partial charge in [-0.2, -0.15) is 4.31 Å². The molecule has 3 N–H and O–H groups in total. The first-order chi connectivity index (χ1) is 9.30. The van der Waals surface area contributed by atoms with Crippen LogP contribution >= 0.6 is 11.3 Å². The molecular formula is C11H17N3O4S2. The fourth-order valence-corrected chi connectivity index (χ4v) is 5.30. The molecule has 7 nitrogen and oxygen atoms in total. The minimum atomic E-state index is -3.62. The molecule has 20 heavy (non-hydrogen) atoms. The molecule has 112 valence electrons. The highest BCUT2D eigenvalue weighted by molar-refractivity contribution is 7.91. The van der Waals surface area contributed by atoms with E-state index in [0.29, 0.717) is 49.4 Å². The second-order valence-electron chi connectivity index (χ2n) is 4.94. The summed E-state index contributed by atoms with van der Waals surface area (Å²) in [7, 11) is -3.62. The number of thiazole rings is 1. The smallest absolute Gasteiger partial charge is 0.305 e. The summed E-state index contributed by atoms with van der Waals surface area (Å²) in [6.07, 6.45) is 1.52. The van der Waals surface area contributed by atoms with Crippen LogP contribution in [0.4, 0.5) is 0 Å². The fraction of sp³-hybridized carbons (Fsp3) is 0.636. The molecule has 0 atom stereocenters. The normalized spacial score (nSPS) is 18.2. The van der Waals surface area contributed by atoms with E-state index in [9.17, 15) is 18.0 Å². The molecule has 0 aromatic carbocycles. The molecule has 2 rings (SSSR count). The van der Waals surface area contributed by atoms with Crippen LogP contribution in [-0.4, -0.2) is 36.7 Å². The van der Waals surface area contributed by atoms with Gasteiger partial charge in [0.05, 0.1) is 0 Å². The van der Waals surface area contributed by atoms with E-state index in [-0.39, 0.29) is 20.9 Å². The number of hydrogen-bond donors (Lipinski definition) is 2. The van der Waals surface area contributed by atoms with Gasteiger partial charge < -0.3 is 10.7 Å². The summed E-state index contributed by atoms with van der Waals surface area (Å²) in [5.41, 5.74) is 5.52. The Bertz CT molecular complexity index is 653. The Morgan fingerprint density at radius 2 is 2.05 bits per heavy atom. The number of amides is 1. The number of carbonyl (C=O) groups excluding carboxylic acids is 1. The number of nitrogens with zero attached hydrogens (tertiary/aromatic N) is 1. The molecule has 1 amide bonds. The van der Waals surface area contributed by atoms with Crippen LogP contribution in [0.25, 0.3) is 0 Å². The summed E-state index contributed by atoms with van der Waals surface area (Å²) in [4.78, 5) is 24.2. The van der Waals surface area contributed by atoms with E-state index in [1.165, 1.54) is 4.31 Å². The average Bonchev–Trinajstić information content (AvgIpc) is 2.69. The molecule has 2 heterocycles. The Kier molecular flexibility index (Phi) is 4.31. The van der Waals surface area contributed by atoms with E-state index < -0.39 is 10.0 Å². The molecule has 1 aromatic rings. The first-order valence-electron chi connectivity index (χ1n) is 6.29. The van der Waals surface area contributed by atoms with Crippen LogP contribution in [0.1, 0.15) is 25.0 Å². The van der Waals surface area contributed by atoms with Gasteiger partial charge in [-0.05, 0) is 25.7 Å². The van der Waals surface area contributed by atoms with Crippen molar-refractivity contribution in [3.8, 4) is 0 Å². The van der Waals surface area contributed by atoms with Crippen molar-refractivity contribution in [3.05, 3.63) is 15.4 Å². The number of H-pyrrole nitrogens is 1. The van der Waals surface area contributed by atoms with Crippen LogP contribution in [-0.2, 0) is 14.8 Å². The van der Waals surface area contributed by atoms with Crippen LogP contribution in [0.2, 0.25) is 0 Å². The zero-order valence-electron chi connectivity index (χ0n) is 11.1. The molecule has 1 aliphatic heterocycles. The zero-order valence-corrected chi connectivity index (χ0v) is 12.7. The van der Waals surface area contributed by atoms with Crippen LogP contribution in [0.15, 0.2) is 9.00 Å². The van der Waals surface area contributed by atoms with E-state index in [1.807, 2.05) is 0 Å². The summed E-state index contributed by atoms with van der Waals surface area (Å²) < 4.78 is 26.3. The first-order valence-corrected chi connectivity index (χ1v) is 8.54. The van der Waals surface area contributed by atoms with E-state index in [1.54, 1.807) is 6.92 Å².